The van der Waals surface area contributed by atoms with Gasteiger partial charge < -0.3 is 9.84 Å². The minimum Gasteiger partial charge on any atom is -0.481 e. The van der Waals surface area contributed by atoms with Crippen LogP contribution in [0.3, 0.4) is 0 Å². The van der Waals surface area contributed by atoms with Crippen molar-refractivity contribution >= 4 is 11.9 Å². The van der Waals surface area contributed by atoms with E-state index >= 15 is 0 Å². The molecule has 1 N–H and O–H groups in total. The molecule has 0 aromatic carbocycles. The van der Waals surface area contributed by atoms with Crippen LogP contribution >= 0.6 is 0 Å². The maximum absolute atomic E-state index is 12.6. The lowest BCUT2D eigenvalue weighted by atomic mass is 9.62. The summed E-state index contributed by atoms with van der Waals surface area (Å²) in [4.78, 5) is 25.0. The van der Waals surface area contributed by atoms with Crippen molar-refractivity contribution in [1.82, 2.24) is 0 Å². The van der Waals surface area contributed by atoms with Crippen LogP contribution < -0.4 is 0 Å². The van der Waals surface area contributed by atoms with Crippen LogP contribution in [-0.4, -0.2) is 22.6 Å². The zero-order valence-electron chi connectivity index (χ0n) is 13.4. The van der Waals surface area contributed by atoms with E-state index in [1.807, 2.05) is 13.0 Å². The number of carboxylic acid groups (broad SMARTS) is 1. The monoisotopic (exact) mass is 314 g/mol. The molecule has 3 saturated carbocycles. The van der Waals surface area contributed by atoms with Crippen LogP contribution in [0.1, 0.15) is 39.0 Å². The Morgan fingerprint density at radius 2 is 2.22 bits per heavy atom. The third-order valence-corrected chi connectivity index (χ3v) is 7.86. The number of carboxylic acids is 1. The summed E-state index contributed by atoms with van der Waals surface area (Å²) in [7, 11) is 0. The second kappa shape index (κ2) is 3.73. The first-order valence-corrected chi connectivity index (χ1v) is 8.67. The molecule has 1 aliphatic heterocycles. The average molecular weight is 314 g/mol. The van der Waals surface area contributed by atoms with E-state index in [9.17, 15) is 14.7 Å². The van der Waals surface area contributed by atoms with Gasteiger partial charge in [-0.2, -0.15) is 0 Å². The molecule has 1 spiro atoms. The van der Waals surface area contributed by atoms with E-state index < -0.39 is 22.9 Å². The highest BCUT2D eigenvalue weighted by molar-refractivity contribution is 5.86. The van der Waals surface area contributed by atoms with E-state index in [4.69, 9.17) is 4.74 Å². The Morgan fingerprint density at radius 1 is 1.43 bits per heavy atom. The van der Waals surface area contributed by atoms with E-state index in [1.165, 1.54) is 5.57 Å². The van der Waals surface area contributed by atoms with E-state index in [0.717, 1.165) is 25.7 Å². The molecule has 4 fully saturated rings. The lowest BCUT2D eigenvalue weighted by molar-refractivity contribution is -0.159. The molecule has 1 heterocycles. The van der Waals surface area contributed by atoms with Gasteiger partial charge in [0.15, 0.2) is 0 Å². The van der Waals surface area contributed by atoms with Gasteiger partial charge in [0.2, 0.25) is 0 Å². The number of hydrogen-bond acceptors (Lipinski definition) is 3. The quantitative estimate of drug-likeness (QED) is 0.597. The molecule has 4 bridgehead atoms. The van der Waals surface area contributed by atoms with Crippen LogP contribution in [0.5, 0.6) is 0 Å². The van der Waals surface area contributed by atoms with Gasteiger partial charge in [-0.05, 0) is 43.9 Å². The van der Waals surface area contributed by atoms with Crippen LogP contribution in [0.4, 0.5) is 0 Å². The molecular formula is C19H22O4. The number of ether oxygens (including phenoxy) is 1. The van der Waals surface area contributed by atoms with Gasteiger partial charge in [0, 0.05) is 18.3 Å². The molecule has 0 aromatic rings. The first-order valence-electron chi connectivity index (χ1n) is 8.67. The van der Waals surface area contributed by atoms with Crippen LogP contribution in [0.25, 0.3) is 0 Å². The van der Waals surface area contributed by atoms with E-state index in [0.29, 0.717) is 12.3 Å². The predicted molar refractivity (Wildman–Crippen MR) is 82.3 cm³/mol. The number of esters is 1. The number of rotatable bonds is 1. The largest absolute Gasteiger partial charge is 0.481 e. The Labute approximate surface area is 135 Å². The lowest BCUT2D eigenvalue weighted by Gasteiger charge is -2.43. The van der Waals surface area contributed by atoms with Crippen molar-refractivity contribution in [1.29, 1.82) is 0 Å². The molecule has 1 saturated heterocycles. The topological polar surface area (TPSA) is 63.6 Å². The molecule has 4 nitrogen and oxygen atoms in total. The van der Waals surface area contributed by atoms with Crippen molar-refractivity contribution in [3.63, 3.8) is 0 Å². The molecule has 0 aromatic heterocycles. The fourth-order valence-electron chi connectivity index (χ4n) is 7.24. The third kappa shape index (κ3) is 1.25. The molecule has 0 unspecified atom stereocenters. The van der Waals surface area contributed by atoms with E-state index in [-0.39, 0.29) is 23.2 Å². The third-order valence-electron chi connectivity index (χ3n) is 7.86. The van der Waals surface area contributed by atoms with Gasteiger partial charge in [0.25, 0.3) is 0 Å². The molecular weight excluding hydrogens is 292 g/mol. The maximum Gasteiger partial charge on any atom is 0.316 e. The SMILES string of the molecule is C=C1C[C@]23C[C@H]1CC[C@H]2[C@@]12CC=C[C@@](C)(C(=O)O1)[C@H]2[C@@H]3C(=O)O. The van der Waals surface area contributed by atoms with Gasteiger partial charge in [-0.15, -0.1) is 0 Å². The zero-order valence-corrected chi connectivity index (χ0v) is 13.4. The van der Waals surface area contributed by atoms with Gasteiger partial charge in [0.05, 0.1) is 11.3 Å². The predicted octanol–water partition coefficient (Wildman–Crippen LogP) is 2.94. The second-order valence-electron chi connectivity index (χ2n) is 8.63. The van der Waals surface area contributed by atoms with Crippen LogP contribution in [0, 0.1) is 34.5 Å². The van der Waals surface area contributed by atoms with E-state index in [1.54, 1.807) is 0 Å². The Hall–Kier alpha value is -1.58. The first-order chi connectivity index (χ1) is 10.9. The van der Waals surface area contributed by atoms with Crippen LogP contribution in [-0.2, 0) is 14.3 Å². The van der Waals surface area contributed by atoms with Gasteiger partial charge >= 0.3 is 11.9 Å². The van der Waals surface area contributed by atoms with Crippen molar-refractivity contribution in [3.8, 4) is 0 Å². The summed E-state index contributed by atoms with van der Waals surface area (Å²) in [6, 6.07) is 0. The summed E-state index contributed by atoms with van der Waals surface area (Å²) < 4.78 is 6.04. The van der Waals surface area contributed by atoms with Crippen LogP contribution in [0.2, 0.25) is 0 Å². The standard InChI is InChI=1S/C19H22O4/c1-10-8-18-9-11(10)4-5-12(18)19-7-3-6-17(2,16(22)23-19)14(19)13(18)15(20)21/h3,6,11-14H,1,4-5,7-9H2,2H3,(H,20,21)/t11-,12-,13-,14-,17-,18+,19-/m1/s1. The summed E-state index contributed by atoms with van der Waals surface area (Å²) in [5.74, 6) is -1.10. The molecule has 4 heteroatoms. The van der Waals surface area contributed by atoms with E-state index in [2.05, 4.69) is 12.7 Å². The summed E-state index contributed by atoms with van der Waals surface area (Å²) in [6.07, 6.45) is 8.37. The smallest absolute Gasteiger partial charge is 0.316 e. The number of aliphatic carboxylic acids is 1. The van der Waals surface area contributed by atoms with Crippen molar-refractivity contribution in [2.45, 2.75) is 44.6 Å². The number of allylic oxidation sites excluding steroid dienone is 1. The van der Waals surface area contributed by atoms with Gasteiger partial charge in [0.1, 0.15) is 5.60 Å². The van der Waals surface area contributed by atoms with Crippen molar-refractivity contribution in [2.24, 2.45) is 34.5 Å². The van der Waals surface area contributed by atoms with Crippen molar-refractivity contribution < 1.29 is 19.4 Å². The molecule has 4 aliphatic carbocycles. The number of hydrogen-bond donors (Lipinski definition) is 1. The molecule has 0 amide bonds. The summed E-state index contributed by atoms with van der Waals surface area (Å²) in [5, 5.41) is 10.1. The highest BCUT2D eigenvalue weighted by Crippen LogP contribution is 2.76. The number of fused-ring (bicyclic) bond motifs is 1. The van der Waals surface area contributed by atoms with Gasteiger partial charge in [-0.25, -0.2) is 0 Å². The maximum atomic E-state index is 12.6. The number of carbonyl (C=O) groups excluding carboxylic acids is 1. The zero-order chi connectivity index (χ0) is 16.2. The summed E-state index contributed by atoms with van der Waals surface area (Å²) in [5.41, 5.74) is -0.426. The van der Waals surface area contributed by atoms with Gasteiger partial charge in [-0.3, -0.25) is 9.59 Å². The molecule has 5 rings (SSSR count). The summed E-state index contributed by atoms with van der Waals surface area (Å²) in [6.45, 7) is 6.12. The highest BCUT2D eigenvalue weighted by Gasteiger charge is 2.80. The summed E-state index contributed by atoms with van der Waals surface area (Å²) >= 11 is 0. The normalized spacial score (nSPS) is 55.5. The highest BCUT2D eigenvalue weighted by atomic mass is 16.6. The second-order valence-corrected chi connectivity index (χ2v) is 8.63. The molecule has 0 radical (unpaired) electrons. The Kier molecular flexibility index (Phi) is 2.24. The lowest BCUT2D eigenvalue weighted by Crippen LogP contribution is -2.45. The molecule has 7 atom stereocenters. The molecule has 122 valence electrons. The fourth-order valence-corrected chi connectivity index (χ4v) is 7.24. The minimum atomic E-state index is -0.785. The van der Waals surface area contributed by atoms with Gasteiger partial charge in [-0.1, -0.05) is 24.3 Å². The molecule has 5 aliphatic rings. The first kappa shape index (κ1) is 13.8. The van der Waals surface area contributed by atoms with Crippen LogP contribution in [0.15, 0.2) is 24.3 Å². The van der Waals surface area contributed by atoms with Crippen molar-refractivity contribution in [2.75, 3.05) is 0 Å². The fraction of sp³-hybridized carbons (Fsp3) is 0.684. The Balaban J connectivity index is 1.77. The minimum absolute atomic E-state index is 0.160. The average Bonchev–Trinajstić information content (AvgIpc) is 2.92. The van der Waals surface area contributed by atoms with Crippen molar-refractivity contribution in [3.05, 3.63) is 24.3 Å². The Morgan fingerprint density at radius 3 is 2.96 bits per heavy atom. The number of carbonyl (C=O) groups is 2. The molecule has 23 heavy (non-hydrogen) atoms. The Bertz CT molecular complexity index is 693.